The van der Waals surface area contributed by atoms with Crippen LogP contribution in [0.1, 0.15) is 29.7 Å². The number of aliphatic hydroxyl groups excluding tert-OH is 1. The number of hydrogen-bond acceptors (Lipinski definition) is 3. The number of rotatable bonds is 3. The summed E-state index contributed by atoms with van der Waals surface area (Å²) in [5.74, 6) is 1.36. The van der Waals surface area contributed by atoms with Gasteiger partial charge in [-0.15, -0.1) is 0 Å². The number of aryl methyl sites for hydroxylation is 1. The van der Waals surface area contributed by atoms with Crippen LogP contribution >= 0.6 is 15.9 Å². The first-order valence-electron chi connectivity index (χ1n) is 6.55. The molecule has 0 aliphatic carbocycles. The van der Waals surface area contributed by atoms with Gasteiger partial charge in [-0.25, -0.2) is 0 Å². The first-order chi connectivity index (χ1) is 9.69. The fourth-order valence-electron chi connectivity index (χ4n) is 2.27. The summed E-state index contributed by atoms with van der Waals surface area (Å²) in [5, 5.41) is 10.5. The molecular weight excluding hydrogens is 320 g/mol. The van der Waals surface area contributed by atoms with Crippen LogP contribution in [-0.2, 0) is 6.42 Å². The fourth-order valence-corrected chi connectivity index (χ4v) is 2.85. The minimum absolute atomic E-state index is 0.221. The summed E-state index contributed by atoms with van der Waals surface area (Å²) in [6, 6.07) is 11.7. The van der Waals surface area contributed by atoms with E-state index in [1.807, 2.05) is 36.4 Å². The predicted octanol–water partition coefficient (Wildman–Crippen LogP) is 3.82. The molecule has 0 saturated carbocycles. The lowest BCUT2D eigenvalue weighted by molar-refractivity contribution is 0.173. The molecule has 0 amide bonds. The Balaban J connectivity index is 1.93. The van der Waals surface area contributed by atoms with Gasteiger partial charge in [-0.2, -0.15) is 0 Å². The molecule has 20 heavy (non-hydrogen) atoms. The molecule has 4 heteroatoms. The van der Waals surface area contributed by atoms with E-state index >= 15 is 0 Å². The molecule has 0 radical (unpaired) electrons. The summed E-state index contributed by atoms with van der Waals surface area (Å²) < 4.78 is 11.5. The Morgan fingerprint density at radius 3 is 2.60 bits per heavy atom. The van der Waals surface area contributed by atoms with E-state index < -0.39 is 6.10 Å². The normalized spacial score (nSPS) is 14.3. The van der Waals surface area contributed by atoms with Crippen molar-refractivity contribution in [1.29, 1.82) is 0 Å². The third kappa shape index (κ3) is 2.41. The summed E-state index contributed by atoms with van der Waals surface area (Å²) in [4.78, 5) is 0. The molecule has 0 aromatic heterocycles. The molecule has 1 N–H and O–H groups in total. The van der Waals surface area contributed by atoms with Crippen LogP contribution in [0.2, 0.25) is 0 Å². The minimum Gasteiger partial charge on any atom is -0.454 e. The van der Waals surface area contributed by atoms with Gasteiger partial charge in [0.15, 0.2) is 11.5 Å². The van der Waals surface area contributed by atoms with Crippen LogP contribution in [0.3, 0.4) is 0 Å². The predicted molar refractivity (Wildman–Crippen MR) is 80.1 cm³/mol. The maximum absolute atomic E-state index is 10.5. The topological polar surface area (TPSA) is 38.7 Å². The third-order valence-corrected chi connectivity index (χ3v) is 4.06. The van der Waals surface area contributed by atoms with Crippen LogP contribution in [0, 0.1) is 0 Å². The minimum atomic E-state index is -0.674. The Kier molecular flexibility index (Phi) is 3.68. The molecule has 2 aromatic rings. The molecule has 1 unspecified atom stereocenters. The molecule has 3 nitrogen and oxygen atoms in total. The van der Waals surface area contributed by atoms with E-state index in [0.29, 0.717) is 11.5 Å². The van der Waals surface area contributed by atoms with Gasteiger partial charge in [-0.1, -0.05) is 31.2 Å². The van der Waals surface area contributed by atoms with Crippen LogP contribution in [0.4, 0.5) is 0 Å². The third-order valence-electron chi connectivity index (χ3n) is 3.47. The standard InChI is InChI=1S/C16H15BrO3/c1-2-10-3-5-11(6-4-10)15(18)12-7-13(17)16-14(8-12)19-9-20-16/h3-8,15,18H,2,9H2,1H3. The Morgan fingerprint density at radius 1 is 1.15 bits per heavy atom. The lowest BCUT2D eigenvalue weighted by atomic mass is 9.99. The van der Waals surface area contributed by atoms with Crippen molar-refractivity contribution in [3.8, 4) is 11.5 Å². The second-order valence-electron chi connectivity index (χ2n) is 4.73. The summed E-state index contributed by atoms with van der Waals surface area (Å²) >= 11 is 3.45. The fraction of sp³-hybridized carbons (Fsp3) is 0.250. The lowest BCUT2D eigenvalue weighted by Crippen LogP contribution is -2.00. The van der Waals surface area contributed by atoms with Crippen LogP contribution in [0.5, 0.6) is 11.5 Å². The van der Waals surface area contributed by atoms with Crippen molar-refractivity contribution in [3.05, 3.63) is 57.6 Å². The van der Waals surface area contributed by atoms with Crippen molar-refractivity contribution in [2.45, 2.75) is 19.4 Å². The highest BCUT2D eigenvalue weighted by Gasteiger charge is 2.21. The second kappa shape index (κ2) is 5.46. The zero-order valence-corrected chi connectivity index (χ0v) is 12.7. The van der Waals surface area contributed by atoms with Crippen molar-refractivity contribution < 1.29 is 14.6 Å². The summed E-state index contributed by atoms with van der Waals surface area (Å²) in [6.45, 7) is 2.33. The van der Waals surface area contributed by atoms with E-state index in [2.05, 4.69) is 22.9 Å². The first-order valence-corrected chi connectivity index (χ1v) is 7.34. The molecule has 3 rings (SSSR count). The van der Waals surface area contributed by atoms with E-state index in [-0.39, 0.29) is 6.79 Å². The molecule has 1 atom stereocenters. The molecule has 0 saturated heterocycles. The average Bonchev–Trinajstić information content (AvgIpc) is 2.95. The van der Waals surface area contributed by atoms with Gasteiger partial charge in [0, 0.05) is 0 Å². The van der Waals surface area contributed by atoms with Crippen LogP contribution in [0.25, 0.3) is 0 Å². The van der Waals surface area contributed by atoms with Crippen LogP contribution < -0.4 is 9.47 Å². The monoisotopic (exact) mass is 334 g/mol. The van der Waals surface area contributed by atoms with Gasteiger partial charge in [0.2, 0.25) is 6.79 Å². The molecular formula is C16H15BrO3. The number of benzene rings is 2. The molecule has 0 spiro atoms. The quantitative estimate of drug-likeness (QED) is 0.927. The maximum Gasteiger partial charge on any atom is 0.231 e. The van der Waals surface area contributed by atoms with Crippen molar-refractivity contribution in [3.63, 3.8) is 0 Å². The molecule has 2 aromatic carbocycles. The highest BCUT2D eigenvalue weighted by atomic mass is 79.9. The van der Waals surface area contributed by atoms with Crippen molar-refractivity contribution in [1.82, 2.24) is 0 Å². The zero-order chi connectivity index (χ0) is 14.1. The second-order valence-corrected chi connectivity index (χ2v) is 5.59. The molecule has 1 aliphatic heterocycles. The highest BCUT2D eigenvalue weighted by Crippen LogP contribution is 2.42. The number of hydrogen-bond donors (Lipinski definition) is 1. The summed E-state index contributed by atoms with van der Waals surface area (Å²) in [7, 11) is 0. The van der Waals surface area contributed by atoms with Crippen LogP contribution in [-0.4, -0.2) is 11.9 Å². The SMILES string of the molecule is CCc1ccc(C(O)c2cc(Br)c3c(c2)OCO3)cc1. The molecule has 0 fully saturated rings. The molecule has 0 bridgehead atoms. The Bertz CT molecular complexity index is 622. The zero-order valence-electron chi connectivity index (χ0n) is 11.1. The number of aliphatic hydroxyl groups is 1. The summed E-state index contributed by atoms with van der Waals surface area (Å²) in [6.07, 6.45) is 0.318. The van der Waals surface area contributed by atoms with Gasteiger partial charge in [0.05, 0.1) is 4.47 Å². The lowest BCUT2D eigenvalue weighted by Gasteiger charge is -2.13. The van der Waals surface area contributed by atoms with Crippen molar-refractivity contribution in [2.75, 3.05) is 6.79 Å². The van der Waals surface area contributed by atoms with Gasteiger partial charge >= 0.3 is 0 Å². The number of ether oxygens (including phenoxy) is 2. The van der Waals surface area contributed by atoms with Gasteiger partial charge < -0.3 is 14.6 Å². The Morgan fingerprint density at radius 2 is 1.90 bits per heavy atom. The van der Waals surface area contributed by atoms with Gasteiger partial charge in [0.1, 0.15) is 6.10 Å². The largest absolute Gasteiger partial charge is 0.454 e. The smallest absolute Gasteiger partial charge is 0.231 e. The Hall–Kier alpha value is -1.52. The number of halogens is 1. The first kappa shape index (κ1) is 13.5. The van der Waals surface area contributed by atoms with E-state index in [1.165, 1.54) is 5.56 Å². The van der Waals surface area contributed by atoms with Gasteiger partial charge in [-0.3, -0.25) is 0 Å². The molecule has 1 heterocycles. The average molecular weight is 335 g/mol. The van der Waals surface area contributed by atoms with Crippen molar-refractivity contribution in [2.24, 2.45) is 0 Å². The van der Waals surface area contributed by atoms with Gasteiger partial charge in [0.25, 0.3) is 0 Å². The Labute approximate surface area is 126 Å². The van der Waals surface area contributed by atoms with E-state index in [4.69, 9.17) is 9.47 Å². The maximum atomic E-state index is 10.5. The van der Waals surface area contributed by atoms with E-state index in [9.17, 15) is 5.11 Å². The van der Waals surface area contributed by atoms with E-state index in [1.54, 1.807) is 0 Å². The molecule has 104 valence electrons. The van der Waals surface area contributed by atoms with Crippen LogP contribution in [0.15, 0.2) is 40.9 Å². The highest BCUT2D eigenvalue weighted by molar-refractivity contribution is 9.10. The van der Waals surface area contributed by atoms with Gasteiger partial charge in [-0.05, 0) is 51.2 Å². The van der Waals surface area contributed by atoms with E-state index in [0.717, 1.165) is 22.0 Å². The van der Waals surface area contributed by atoms with Crippen molar-refractivity contribution >= 4 is 15.9 Å². The molecule has 1 aliphatic rings. The summed E-state index contributed by atoms with van der Waals surface area (Å²) in [5.41, 5.74) is 2.91. The number of fused-ring (bicyclic) bond motifs is 1.